The van der Waals surface area contributed by atoms with Crippen LogP contribution < -0.4 is 0 Å². The van der Waals surface area contributed by atoms with Crippen molar-refractivity contribution in [2.75, 3.05) is 0 Å². The van der Waals surface area contributed by atoms with Crippen LogP contribution >= 0.6 is 0 Å². The number of hydrogen-bond donors (Lipinski definition) is 0. The van der Waals surface area contributed by atoms with Crippen molar-refractivity contribution in [3.8, 4) is 0 Å². The number of allylic oxidation sites excluding steroid dienone is 8. The molecule has 4 atom stereocenters. The molecule has 0 bridgehead atoms. The summed E-state index contributed by atoms with van der Waals surface area (Å²) < 4.78 is 0. The van der Waals surface area contributed by atoms with E-state index < -0.39 is 0 Å². The van der Waals surface area contributed by atoms with E-state index in [2.05, 4.69) is 74.6 Å². The monoisotopic (exact) mass is 302 g/mol. The van der Waals surface area contributed by atoms with Crippen LogP contribution in [0.1, 0.15) is 44.6 Å². The van der Waals surface area contributed by atoms with Crippen LogP contribution in [0.25, 0.3) is 0 Å². The quantitative estimate of drug-likeness (QED) is 0.579. The van der Waals surface area contributed by atoms with Gasteiger partial charge in [-0.05, 0) is 48.3 Å². The Hall–Kier alpha value is -1.82. The molecule has 0 spiro atoms. The summed E-state index contributed by atoms with van der Waals surface area (Å²) >= 11 is 0. The molecule has 4 unspecified atom stereocenters. The molecule has 118 valence electrons. The third-order valence-corrected chi connectivity index (χ3v) is 6.23. The maximum Gasteiger partial charge on any atom is 0.00568 e. The first-order chi connectivity index (χ1) is 11.3. The normalized spacial score (nSPS) is 32.9. The molecule has 0 aliphatic heterocycles. The highest BCUT2D eigenvalue weighted by Gasteiger charge is 2.40. The van der Waals surface area contributed by atoms with Crippen LogP contribution in [0.2, 0.25) is 0 Å². The van der Waals surface area contributed by atoms with Crippen molar-refractivity contribution in [3.05, 3.63) is 83.0 Å². The minimum absolute atomic E-state index is 0.591. The van der Waals surface area contributed by atoms with E-state index in [4.69, 9.17) is 0 Å². The summed E-state index contributed by atoms with van der Waals surface area (Å²) in [5, 5.41) is 0. The van der Waals surface area contributed by atoms with Crippen molar-refractivity contribution in [2.24, 2.45) is 17.8 Å². The summed E-state index contributed by atoms with van der Waals surface area (Å²) in [6.45, 7) is 4.85. The molecule has 1 aromatic carbocycles. The second kappa shape index (κ2) is 6.00. The zero-order valence-corrected chi connectivity index (χ0v) is 14.2. The van der Waals surface area contributed by atoms with E-state index in [1.807, 2.05) is 0 Å². The lowest BCUT2D eigenvalue weighted by Crippen LogP contribution is -2.33. The Kier molecular flexibility index (Phi) is 3.85. The Morgan fingerprint density at radius 3 is 2.61 bits per heavy atom. The Morgan fingerprint density at radius 1 is 0.957 bits per heavy atom. The number of fused-ring (bicyclic) bond motifs is 2. The topological polar surface area (TPSA) is 0 Å². The van der Waals surface area contributed by atoms with Gasteiger partial charge >= 0.3 is 0 Å². The van der Waals surface area contributed by atoms with Gasteiger partial charge in [0.05, 0.1) is 0 Å². The van der Waals surface area contributed by atoms with Gasteiger partial charge in [0.2, 0.25) is 0 Å². The largest absolute Gasteiger partial charge is 0.0767 e. The predicted molar refractivity (Wildman–Crippen MR) is 98.2 cm³/mol. The van der Waals surface area contributed by atoms with E-state index in [1.165, 1.54) is 24.8 Å². The predicted octanol–water partition coefficient (Wildman–Crippen LogP) is 6.21. The third kappa shape index (κ3) is 2.45. The van der Waals surface area contributed by atoms with Crippen molar-refractivity contribution >= 4 is 0 Å². The highest BCUT2D eigenvalue weighted by Crippen LogP contribution is 2.53. The van der Waals surface area contributed by atoms with Crippen molar-refractivity contribution in [2.45, 2.75) is 39.0 Å². The van der Waals surface area contributed by atoms with Crippen LogP contribution in [0.15, 0.2) is 77.4 Å². The Balaban J connectivity index is 1.85. The van der Waals surface area contributed by atoms with Gasteiger partial charge in [-0.15, -0.1) is 0 Å². The maximum atomic E-state index is 2.47. The first kappa shape index (κ1) is 14.8. The van der Waals surface area contributed by atoms with Gasteiger partial charge in [0.15, 0.2) is 0 Å². The summed E-state index contributed by atoms with van der Waals surface area (Å²) in [6.07, 6.45) is 15.4. The fraction of sp³-hybridized carbons (Fsp3) is 0.391. The summed E-state index contributed by atoms with van der Waals surface area (Å²) in [7, 11) is 0. The second-order valence-corrected chi connectivity index (χ2v) is 7.36. The molecule has 4 rings (SSSR count). The molecule has 0 amide bonds. The number of hydrogen-bond acceptors (Lipinski definition) is 0. The van der Waals surface area contributed by atoms with Gasteiger partial charge in [0.25, 0.3) is 0 Å². The standard InChI is InChI=1S/C23H26/c1-16-19-12-7-4-8-13-20(19)17(2)23-21(16)14-9-15-22(23)18-10-5-3-6-11-18/h3-8,10-13,16,19,21-22H,9,14-15H2,1-2H3. The van der Waals surface area contributed by atoms with Gasteiger partial charge in [-0.3, -0.25) is 0 Å². The highest BCUT2D eigenvalue weighted by molar-refractivity contribution is 5.50. The smallest absolute Gasteiger partial charge is 0.00568 e. The third-order valence-electron chi connectivity index (χ3n) is 6.23. The summed E-state index contributed by atoms with van der Waals surface area (Å²) in [5.74, 6) is 2.67. The number of rotatable bonds is 1. The highest BCUT2D eigenvalue weighted by atomic mass is 14.4. The zero-order chi connectivity index (χ0) is 15.8. The molecule has 3 aliphatic rings. The van der Waals surface area contributed by atoms with Crippen molar-refractivity contribution in [1.82, 2.24) is 0 Å². The SMILES string of the molecule is CC1=C2C(c3ccccc3)CCCC2C(C)C2C=CC=CC=C12. The van der Waals surface area contributed by atoms with Gasteiger partial charge < -0.3 is 0 Å². The lowest BCUT2D eigenvalue weighted by Gasteiger charge is -2.45. The molecule has 1 saturated carbocycles. The Morgan fingerprint density at radius 2 is 1.78 bits per heavy atom. The molecule has 0 radical (unpaired) electrons. The molecular weight excluding hydrogens is 276 g/mol. The minimum atomic E-state index is 0.591. The average molecular weight is 302 g/mol. The van der Waals surface area contributed by atoms with E-state index in [1.54, 1.807) is 16.7 Å². The molecule has 1 aromatic rings. The maximum absolute atomic E-state index is 2.47. The average Bonchev–Trinajstić information content (AvgIpc) is 2.86. The molecule has 0 saturated heterocycles. The first-order valence-electron chi connectivity index (χ1n) is 9.08. The van der Waals surface area contributed by atoms with Gasteiger partial charge in [0, 0.05) is 11.8 Å². The fourth-order valence-corrected chi connectivity index (χ4v) is 5.10. The van der Waals surface area contributed by atoms with E-state index in [0.717, 1.165) is 5.92 Å². The fourth-order valence-electron chi connectivity index (χ4n) is 5.10. The molecule has 0 heterocycles. The van der Waals surface area contributed by atoms with Crippen LogP contribution in [-0.4, -0.2) is 0 Å². The summed E-state index contributed by atoms with van der Waals surface area (Å²) in [6, 6.07) is 11.2. The van der Waals surface area contributed by atoms with Gasteiger partial charge in [-0.2, -0.15) is 0 Å². The van der Waals surface area contributed by atoms with E-state index in [9.17, 15) is 0 Å². The van der Waals surface area contributed by atoms with Gasteiger partial charge in [0.1, 0.15) is 0 Å². The molecule has 0 nitrogen and oxygen atoms in total. The lowest BCUT2D eigenvalue weighted by molar-refractivity contribution is 0.267. The van der Waals surface area contributed by atoms with E-state index in [-0.39, 0.29) is 0 Å². The van der Waals surface area contributed by atoms with Crippen molar-refractivity contribution in [1.29, 1.82) is 0 Å². The van der Waals surface area contributed by atoms with Crippen LogP contribution in [0.5, 0.6) is 0 Å². The van der Waals surface area contributed by atoms with Gasteiger partial charge in [-0.25, -0.2) is 0 Å². The van der Waals surface area contributed by atoms with E-state index in [0.29, 0.717) is 17.8 Å². The lowest BCUT2D eigenvalue weighted by atomic mass is 9.59. The number of benzene rings is 1. The summed E-state index contributed by atoms with van der Waals surface area (Å²) in [4.78, 5) is 0. The van der Waals surface area contributed by atoms with Crippen LogP contribution in [0.3, 0.4) is 0 Å². The Bertz CT molecular complexity index is 699. The Labute approximate surface area is 140 Å². The van der Waals surface area contributed by atoms with Crippen LogP contribution in [0.4, 0.5) is 0 Å². The second-order valence-electron chi connectivity index (χ2n) is 7.36. The molecular formula is C23H26. The molecule has 0 aromatic heterocycles. The van der Waals surface area contributed by atoms with Crippen molar-refractivity contribution in [3.63, 3.8) is 0 Å². The molecule has 1 fully saturated rings. The molecule has 23 heavy (non-hydrogen) atoms. The molecule has 3 aliphatic carbocycles. The summed E-state index contributed by atoms with van der Waals surface area (Å²) in [5.41, 5.74) is 6.37. The van der Waals surface area contributed by atoms with Crippen molar-refractivity contribution < 1.29 is 0 Å². The molecule has 0 heteroatoms. The van der Waals surface area contributed by atoms with Crippen LogP contribution in [0, 0.1) is 17.8 Å². The van der Waals surface area contributed by atoms with Gasteiger partial charge in [-0.1, -0.05) is 79.6 Å². The zero-order valence-electron chi connectivity index (χ0n) is 14.2. The first-order valence-corrected chi connectivity index (χ1v) is 9.08. The van der Waals surface area contributed by atoms with Crippen LogP contribution in [-0.2, 0) is 0 Å². The molecule has 0 N–H and O–H groups in total. The van der Waals surface area contributed by atoms with E-state index >= 15 is 0 Å². The minimum Gasteiger partial charge on any atom is -0.0767 e.